The first-order valence-electron chi connectivity index (χ1n) is 5.99. The molecule has 17 heavy (non-hydrogen) atoms. The number of carbonyl (C=O) groups is 1. The predicted molar refractivity (Wildman–Crippen MR) is 65.6 cm³/mol. The Hall–Kier alpha value is -1.52. The quantitative estimate of drug-likeness (QED) is 0.733. The van der Waals surface area contributed by atoms with Gasteiger partial charge in [0.05, 0.1) is 12.1 Å². The van der Waals surface area contributed by atoms with Crippen molar-refractivity contribution < 1.29 is 4.79 Å². The summed E-state index contributed by atoms with van der Waals surface area (Å²) >= 11 is 0. The number of rotatable bonds is 4. The normalized spacial score (nSPS) is 22.6. The van der Waals surface area contributed by atoms with Crippen LogP contribution < -0.4 is 5.73 Å². The molecule has 3 atom stereocenters. The lowest BCUT2D eigenvalue weighted by Crippen LogP contribution is -2.46. The molecule has 0 spiro atoms. The summed E-state index contributed by atoms with van der Waals surface area (Å²) in [6.07, 6.45) is 8.07. The molecule has 1 heterocycles. The van der Waals surface area contributed by atoms with E-state index in [4.69, 9.17) is 17.4 Å². The number of hydrogen-bond acceptors (Lipinski definition) is 3. The van der Waals surface area contributed by atoms with Crippen LogP contribution in [0.4, 0.5) is 0 Å². The number of nitrogens with zero attached hydrogens (tertiary/aromatic N) is 2. The number of terminal acetylenes is 1. The van der Waals surface area contributed by atoms with Crippen LogP contribution in [0.5, 0.6) is 0 Å². The largest absolute Gasteiger partial charge is 0.325 e. The van der Waals surface area contributed by atoms with Gasteiger partial charge in [0.2, 0.25) is 5.91 Å². The highest BCUT2D eigenvalue weighted by Gasteiger charge is 2.31. The fourth-order valence-electron chi connectivity index (χ4n) is 2.20. The summed E-state index contributed by atoms with van der Waals surface area (Å²) in [5.74, 6) is 2.69. The molecule has 2 unspecified atom stereocenters. The summed E-state index contributed by atoms with van der Waals surface area (Å²) < 4.78 is 0. The van der Waals surface area contributed by atoms with Crippen LogP contribution in [0.25, 0.3) is 0 Å². The molecule has 0 radical (unpaired) electrons. The number of likely N-dealkylation sites (tertiary alicyclic amines) is 1. The number of amides is 1. The molecule has 1 rings (SSSR count). The first-order valence-corrected chi connectivity index (χ1v) is 5.99. The highest BCUT2D eigenvalue weighted by atomic mass is 16.2. The van der Waals surface area contributed by atoms with Gasteiger partial charge in [-0.2, -0.15) is 5.26 Å². The second-order valence-corrected chi connectivity index (χ2v) is 4.67. The van der Waals surface area contributed by atoms with Crippen molar-refractivity contribution in [2.24, 2.45) is 11.7 Å². The van der Waals surface area contributed by atoms with E-state index in [9.17, 15) is 4.79 Å². The highest BCUT2D eigenvalue weighted by molar-refractivity contribution is 5.82. The fraction of sp³-hybridized carbons (Fsp3) is 0.692. The molecule has 0 aromatic rings. The minimum Gasteiger partial charge on any atom is -0.325 e. The van der Waals surface area contributed by atoms with Gasteiger partial charge in [0.1, 0.15) is 6.04 Å². The van der Waals surface area contributed by atoms with Crippen LogP contribution in [0.1, 0.15) is 32.6 Å². The van der Waals surface area contributed by atoms with E-state index in [1.54, 1.807) is 4.90 Å². The third-order valence-corrected chi connectivity index (χ3v) is 3.12. The minimum absolute atomic E-state index is 0.113. The van der Waals surface area contributed by atoms with E-state index >= 15 is 0 Å². The molecule has 1 fully saturated rings. The molecule has 1 aliphatic rings. The van der Waals surface area contributed by atoms with E-state index in [1.165, 1.54) is 0 Å². The zero-order valence-electron chi connectivity index (χ0n) is 10.2. The maximum absolute atomic E-state index is 12.1. The van der Waals surface area contributed by atoms with Gasteiger partial charge in [-0.1, -0.05) is 6.92 Å². The molecule has 4 heteroatoms. The summed E-state index contributed by atoms with van der Waals surface area (Å²) in [7, 11) is 0. The van der Waals surface area contributed by atoms with Crippen molar-refractivity contribution in [2.75, 3.05) is 6.54 Å². The van der Waals surface area contributed by atoms with Crippen molar-refractivity contribution in [1.29, 1.82) is 5.26 Å². The van der Waals surface area contributed by atoms with Crippen LogP contribution in [0, 0.1) is 29.6 Å². The van der Waals surface area contributed by atoms with E-state index in [0.717, 1.165) is 12.8 Å². The fourth-order valence-corrected chi connectivity index (χ4v) is 2.20. The molecule has 92 valence electrons. The van der Waals surface area contributed by atoms with Crippen LogP contribution >= 0.6 is 0 Å². The van der Waals surface area contributed by atoms with Crippen molar-refractivity contribution in [3.63, 3.8) is 0 Å². The molecule has 0 aliphatic carbocycles. The van der Waals surface area contributed by atoms with Gasteiger partial charge in [0.25, 0.3) is 0 Å². The minimum atomic E-state index is -0.535. The van der Waals surface area contributed by atoms with Crippen molar-refractivity contribution >= 4 is 5.91 Å². The molecular formula is C13H19N3O. The average Bonchev–Trinajstić information content (AvgIpc) is 2.76. The van der Waals surface area contributed by atoms with E-state index in [2.05, 4.69) is 12.0 Å². The Morgan fingerprint density at radius 3 is 3.00 bits per heavy atom. The summed E-state index contributed by atoms with van der Waals surface area (Å²) in [4.78, 5) is 13.7. The summed E-state index contributed by atoms with van der Waals surface area (Å²) in [5, 5.41) is 8.92. The van der Waals surface area contributed by atoms with Gasteiger partial charge in [-0.25, -0.2) is 0 Å². The second kappa shape index (κ2) is 6.27. The van der Waals surface area contributed by atoms with Crippen molar-refractivity contribution in [3.05, 3.63) is 0 Å². The lowest BCUT2D eigenvalue weighted by atomic mass is 9.98. The Morgan fingerprint density at radius 1 is 1.71 bits per heavy atom. The molecule has 1 saturated heterocycles. The average molecular weight is 233 g/mol. The highest BCUT2D eigenvalue weighted by Crippen LogP contribution is 2.19. The van der Waals surface area contributed by atoms with Crippen LogP contribution in [0.15, 0.2) is 0 Å². The first-order chi connectivity index (χ1) is 8.10. The van der Waals surface area contributed by atoms with Gasteiger partial charge in [-0.05, 0) is 25.2 Å². The van der Waals surface area contributed by atoms with Crippen LogP contribution in [0.2, 0.25) is 0 Å². The maximum atomic E-state index is 12.1. The standard InChI is InChI=1S/C13H19N3O/c1-3-5-10(2)8-12(15)13(17)16-7-4-6-11(16)9-14/h1,10-12H,4-8,15H2,2H3/t10?,11?,12-/m0/s1. The molecule has 0 aromatic carbocycles. The van der Waals surface area contributed by atoms with Crippen molar-refractivity contribution in [3.8, 4) is 18.4 Å². The van der Waals surface area contributed by atoms with Gasteiger partial charge in [-0.15, -0.1) is 12.3 Å². The Kier molecular flexibility index (Phi) is 5.00. The summed E-state index contributed by atoms with van der Waals surface area (Å²) in [6, 6.07) is 1.32. The van der Waals surface area contributed by atoms with E-state index < -0.39 is 6.04 Å². The Morgan fingerprint density at radius 2 is 2.41 bits per heavy atom. The van der Waals surface area contributed by atoms with Gasteiger partial charge >= 0.3 is 0 Å². The maximum Gasteiger partial charge on any atom is 0.240 e. The number of nitriles is 1. The SMILES string of the molecule is C#CCC(C)C[C@H](N)C(=O)N1CCCC1C#N. The molecular weight excluding hydrogens is 214 g/mol. The predicted octanol–water partition coefficient (Wildman–Crippen LogP) is 0.878. The van der Waals surface area contributed by atoms with Gasteiger partial charge in [0, 0.05) is 13.0 Å². The number of hydrogen-bond donors (Lipinski definition) is 1. The van der Waals surface area contributed by atoms with Crippen LogP contribution in [-0.4, -0.2) is 29.4 Å². The number of carbonyl (C=O) groups excluding carboxylic acids is 1. The molecule has 2 N–H and O–H groups in total. The lowest BCUT2D eigenvalue weighted by Gasteiger charge is -2.24. The molecule has 0 aromatic heterocycles. The van der Waals surface area contributed by atoms with Gasteiger partial charge in [0.15, 0.2) is 0 Å². The topological polar surface area (TPSA) is 70.1 Å². The van der Waals surface area contributed by atoms with E-state index in [1.807, 2.05) is 6.92 Å². The van der Waals surface area contributed by atoms with Crippen LogP contribution in [0.3, 0.4) is 0 Å². The summed E-state index contributed by atoms with van der Waals surface area (Å²) in [6.45, 7) is 2.63. The van der Waals surface area contributed by atoms with Crippen molar-refractivity contribution in [2.45, 2.75) is 44.7 Å². The summed E-state index contributed by atoms with van der Waals surface area (Å²) in [5.41, 5.74) is 5.88. The first kappa shape index (κ1) is 13.5. The van der Waals surface area contributed by atoms with Gasteiger partial charge < -0.3 is 10.6 Å². The molecule has 1 aliphatic heterocycles. The Balaban J connectivity index is 2.52. The third-order valence-electron chi connectivity index (χ3n) is 3.12. The third kappa shape index (κ3) is 3.47. The van der Waals surface area contributed by atoms with E-state index in [0.29, 0.717) is 19.4 Å². The Labute approximate surface area is 103 Å². The van der Waals surface area contributed by atoms with E-state index in [-0.39, 0.29) is 17.9 Å². The zero-order chi connectivity index (χ0) is 12.8. The zero-order valence-corrected chi connectivity index (χ0v) is 10.2. The smallest absolute Gasteiger partial charge is 0.240 e. The van der Waals surface area contributed by atoms with Crippen LogP contribution in [-0.2, 0) is 4.79 Å². The molecule has 4 nitrogen and oxygen atoms in total. The van der Waals surface area contributed by atoms with Gasteiger partial charge in [-0.3, -0.25) is 4.79 Å². The number of nitrogens with two attached hydrogens (primary N) is 1. The molecule has 0 bridgehead atoms. The monoisotopic (exact) mass is 233 g/mol. The lowest BCUT2D eigenvalue weighted by molar-refractivity contribution is -0.132. The molecule has 0 saturated carbocycles. The Bertz CT molecular complexity index is 353. The second-order valence-electron chi connectivity index (χ2n) is 4.67. The molecule has 1 amide bonds. The van der Waals surface area contributed by atoms with Crippen molar-refractivity contribution in [1.82, 2.24) is 4.90 Å².